The van der Waals surface area contributed by atoms with Crippen LogP contribution in [0.15, 0.2) is 0 Å². The van der Waals surface area contributed by atoms with E-state index in [0.29, 0.717) is 12.8 Å². The summed E-state index contributed by atoms with van der Waals surface area (Å²) in [5.41, 5.74) is -0.806. The van der Waals surface area contributed by atoms with E-state index in [4.69, 9.17) is 0 Å². The molecule has 0 heterocycles. The topological polar surface area (TPSA) is 69.6 Å². The van der Waals surface area contributed by atoms with Gasteiger partial charge in [0.2, 0.25) is 5.91 Å². The van der Waals surface area contributed by atoms with Crippen LogP contribution >= 0.6 is 0 Å². The van der Waals surface area contributed by atoms with Crippen LogP contribution in [-0.4, -0.2) is 34.9 Å². The highest BCUT2D eigenvalue weighted by atomic mass is 16.3. The molecule has 0 fully saturated rings. The van der Waals surface area contributed by atoms with Gasteiger partial charge < -0.3 is 15.5 Å². The van der Waals surface area contributed by atoms with Crippen LogP contribution in [0.5, 0.6) is 0 Å². The maximum absolute atomic E-state index is 11.9. The summed E-state index contributed by atoms with van der Waals surface area (Å²) in [6, 6.07) is 0. The first-order chi connectivity index (χ1) is 7.70. The molecule has 1 amide bonds. The molecular formula is C13H27NO3. The molecule has 0 aromatic heterocycles. The summed E-state index contributed by atoms with van der Waals surface area (Å²) in [6.45, 7) is 9.67. The summed E-state index contributed by atoms with van der Waals surface area (Å²) >= 11 is 0. The molecule has 0 aromatic carbocycles. The molecular weight excluding hydrogens is 218 g/mol. The third-order valence-electron chi connectivity index (χ3n) is 3.66. The normalized spacial score (nSPS) is 14.5. The highest BCUT2D eigenvalue weighted by Gasteiger charge is 2.30. The molecule has 0 bridgehead atoms. The molecule has 0 aliphatic heterocycles. The third kappa shape index (κ3) is 5.04. The van der Waals surface area contributed by atoms with Crippen molar-refractivity contribution in [2.24, 2.45) is 11.3 Å². The van der Waals surface area contributed by atoms with Gasteiger partial charge in [-0.25, -0.2) is 0 Å². The van der Waals surface area contributed by atoms with Crippen molar-refractivity contribution in [2.45, 2.75) is 53.0 Å². The Bertz CT molecular complexity index is 233. The molecule has 0 saturated carbocycles. The zero-order chi connectivity index (χ0) is 13.7. The van der Waals surface area contributed by atoms with Crippen LogP contribution in [0.25, 0.3) is 0 Å². The fraction of sp³-hybridized carbons (Fsp3) is 0.923. The number of amides is 1. The van der Waals surface area contributed by atoms with E-state index in [2.05, 4.69) is 26.1 Å². The van der Waals surface area contributed by atoms with Crippen LogP contribution in [-0.2, 0) is 4.79 Å². The van der Waals surface area contributed by atoms with Gasteiger partial charge in [-0.2, -0.15) is 0 Å². The maximum atomic E-state index is 11.9. The van der Waals surface area contributed by atoms with Crippen molar-refractivity contribution in [3.8, 4) is 0 Å². The smallest absolute Gasteiger partial charge is 0.220 e. The van der Waals surface area contributed by atoms with Crippen LogP contribution in [0, 0.1) is 11.3 Å². The Morgan fingerprint density at radius 2 is 1.71 bits per heavy atom. The zero-order valence-corrected chi connectivity index (χ0v) is 11.7. The Labute approximate surface area is 104 Å². The minimum Gasteiger partial charge on any atom is -0.394 e. The number of aliphatic hydroxyl groups excluding tert-OH is 2. The number of carbonyl (C=O) groups is 1. The largest absolute Gasteiger partial charge is 0.394 e. The fourth-order valence-electron chi connectivity index (χ4n) is 1.37. The van der Waals surface area contributed by atoms with E-state index in [1.54, 1.807) is 0 Å². The molecule has 102 valence electrons. The molecule has 0 aromatic rings. The van der Waals surface area contributed by atoms with E-state index in [-0.39, 0.29) is 30.5 Å². The third-order valence-corrected chi connectivity index (χ3v) is 3.66. The van der Waals surface area contributed by atoms with Gasteiger partial charge in [-0.05, 0) is 17.8 Å². The number of hydrogen-bond donors (Lipinski definition) is 3. The summed E-state index contributed by atoms with van der Waals surface area (Å²) in [7, 11) is 0. The van der Waals surface area contributed by atoms with E-state index < -0.39 is 5.54 Å². The van der Waals surface area contributed by atoms with Crippen LogP contribution in [0.4, 0.5) is 0 Å². The SMILES string of the molecule is CCC(CO)(CO)NC(=O)CC(C)C(C)(C)C. The minimum absolute atomic E-state index is 0.0741. The van der Waals surface area contributed by atoms with Crippen molar-refractivity contribution in [1.82, 2.24) is 5.32 Å². The average Bonchev–Trinajstić information content (AvgIpc) is 2.24. The lowest BCUT2D eigenvalue weighted by Gasteiger charge is -2.32. The van der Waals surface area contributed by atoms with Crippen molar-refractivity contribution >= 4 is 5.91 Å². The molecule has 17 heavy (non-hydrogen) atoms. The van der Waals surface area contributed by atoms with Crippen molar-refractivity contribution in [2.75, 3.05) is 13.2 Å². The highest BCUT2D eigenvalue weighted by molar-refractivity contribution is 5.77. The first-order valence-corrected chi connectivity index (χ1v) is 6.23. The van der Waals surface area contributed by atoms with Crippen LogP contribution in [0.1, 0.15) is 47.5 Å². The molecule has 3 N–H and O–H groups in total. The van der Waals surface area contributed by atoms with Crippen molar-refractivity contribution in [3.05, 3.63) is 0 Å². The first kappa shape index (κ1) is 16.4. The van der Waals surface area contributed by atoms with Crippen molar-refractivity contribution in [3.63, 3.8) is 0 Å². The lowest BCUT2D eigenvalue weighted by Crippen LogP contribution is -2.54. The minimum atomic E-state index is -0.880. The number of aliphatic hydroxyl groups is 2. The molecule has 0 rings (SSSR count). The van der Waals surface area contributed by atoms with Crippen LogP contribution in [0.3, 0.4) is 0 Å². The molecule has 0 spiro atoms. The molecule has 4 heteroatoms. The summed E-state index contributed by atoms with van der Waals surface area (Å²) < 4.78 is 0. The molecule has 0 aliphatic carbocycles. The van der Waals surface area contributed by atoms with Gasteiger partial charge >= 0.3 is 0 Å². The Hall–Kier alpha value is -0.610. The van der Waals surface area contributed by atoms with E-state index in [9.17, 15) is 15.0 Å². The second kappa shape index (κ2) is 6.36. The van der Waals surface area contributed by atoms with Gasteiger partial charge in [0.1, 0.15) is 0 Å². The fourth-order valence-corrected chi connectivity index (χ4v) is 1.37. The predicted molar refractivity (Wildman–Crippen MR) is 68.6 cm³/mol. The molecule has 0 radical (unpaired) electrons. The van der Waals surface area contributed by atoms with Gasteiger partial charge in [-0.1, -0.05) is 34.6 Å². The van der Waals surface area contributed by atoms with Crippen LogP contribution in [0.2, 0.25) is 0 Å². The van der Waals surface area contributed by atoms with E-state index in [1.165, 1.54) is 0 Å². The lowest BCUT2D eigenvalue weighted by molar-refractivity contribution is -0.126. The Morgan fingerprint density at radius 1 is 1.24 bits per heavy atom. The van der Waals surface area contributed by atoms with Crippen molar-refractivity contribution < 1.29 is 15.0 Å². The van der Waals surface area contributed by atoms with E-state index in [1.807, 2.05) is 13.8 Å². The number of hydrogen-bond acceptors (Lipinski definition) is 3. The Balaban J connectivity index is 4.45. The van der Waals surface area contributed by atoms with Gasteiger partial charge in [0, 0.05) is 6.42 Å². The summed E-state index contributed by atoms with van der Waals surface area (Å²) in [5.74, 6) is 0.131. The van der Waals surface area contributed by atoms with Gasteiger partial charge in [-0.15, -0.1) is 0 Å². The summed E-state index contributed by atoms with van der Waals surface area (Å²) in [6.07, 6.45) is 0.918. The summed E-state index contributed by atoms with van der Waals surface area (Å²) in [4.78, 5) is 11.9. The maximum Gasteiger partial charge on any atom is 0.220 e. The van der Waals surface area contributed by atoms with Crippen molar-refractivity contribution in [1.29, 1.82) is 0 Å². The molecule has 1 unspecified atom stereocenters. The zero-order valence-electron chi connectivity index (χ0n) is 11.7. The molecule has 0 aliphatic rings. The van der Waals surface area contributed by atoms with E-state index >= 15 is 0 Å². The molecule has 0 saturated heterocycles. The highest BCUT2D eigenvalue weighted by Crippen LogP contribution is 2.28. The lowest BCUT2D eigenvalue weighted by atomic mass is 9.80. The molecule has 1 atom stereocenters. The second-order valence-corrected chi connectivity index (χ2v) is 5.97. The van der Waals surface area contributed by atoms with Gasteiger partial charge in [0.25, 0.3) is 0 Å². The summed E-state index contributed by atoms with van der Waals surface area (Å²) in [5, 5.41) is 21.2. The van der Waals surface area contributed by atoms with Crippen LogP contribution < -0.4 is 5.32 Å². The number of rotatable bonds is 6. The standard InChI is InChI=1S/C13H27NO3/c1-6-13(8-15,9-16)14-11(17)7-10(2)12(3,4)5/h10,15-16H,6-9H2,1-5H3,(H,14,17). The number of carbonyl (C=O) groups excluding carboxylic acids is 1. The monoisotopic (exact) mass is 245 g/mol. The first-order valence-electron chi connectivity index (χ1n) is 6.23. The average molecular weight is 245 g/mol. The van der Waals surface area contributed by atoms with E-state index in [0.717, 1.165) is 0 Å². The van der Waals surface area contributed by atoms with Gasteiger partial charge in [-0.3, -0.25) is 4.79 Å². The van der Waals surface area contributed by atoms with Gasteiger partial charge in [0.05, 0.1) is 18.8 Å². The quantitative estimate of drug-likeness (QED) is 0.661. The predicted octanol–water partition coefficient (Wildman–Crippen LogP) is 1.31. The Kier molecular flexibility index (Phi) is 6.13. The second-order valence-electron chi connectivity index (χ2n) is 5.97. The van der Waals surface area contributed by atoms with Gasteiger partial charge in [0.15, 0.2) is 0 Å². The molecule has 4 nitrogen and oxygen atoms in total. The Morgan fingerprint density at radius 3 is 2.00 bits per heavy atom. The number of nitrogens with one attached hydrogen (secondary N) is 1.